The number of fused-ring (bicyclic) bond motifs is 3. The molecule has 9 nitrogen and oxygen atoms in total. The molecule has 1 fully saturated rings. The van der Waals surface area contributed by atoms with Gasteiger partial charge in [-0.3, -0.25) is 4.79 Å². The fourth-order valence-corrected chi connectivity index (χ4v) is 4.41. The van der Waals surface area contributed by atoms with Gasteiger partial charge in [-0.15, -0.1) is 5.10 Å². The van der Waals surface area contributed by atoms with Crippen LogP contribution in [0.15, 0.2) is 35.6 Å². The van der Waals surface area contributed by atoms with Gasteiger partial charge in [-0.25, -0.2) is 14.6 Å². The molecule has 1 aromatic carbocycles. The van der Waals surface area contributed by atoms with Gasteiger partial charge in [0.1, 0.15) is 11.4 Å². The number of anilines is 2. The highest BCUT2D eigenvalue weighted by Gasteiger charge is 2.37. The van der Waals surface area contributed by atoms with Gasteiger partial charge in [-0.05, 0) is 41.7 Å². The van der Waals surface area contributed by atoms with Crippen molar-refractivity contribution in [1.29, 1.82) is 0 Å². The summed E-state index contributed by atoms with van der Waals surface area (Å²) in [7, 11) is 1.80. The normalized spacial score (nSPS) is 18.6. The fraction of sp³-hybridized carbons (Fsp3) is 0.368. The molecular weight excluding hydrogens is 388 g/mol. The highest BCUT2D eigenvalue weighted by Crippen LogP contribution is 2.35. The number of hydrogen-bond donors (Lipinski definition) is 0. The van der Waals surface area contributed by atoms with Crippen LogP contribution in [0.2, 0.25) is 0 Å². The molecule has 0 radical (unpaired) electrons. The zero-order chi connectivity index (χ0) is 20.0. The third kappa shape index (κ3) is 3.03. The van der Waals surface area contributed by atoms with Crippen LogP contribution in [0.3, 0.4) is 0 Å². The largest absolute Gasteiger partial charge is 0.351 e. The first kappa shape index (κ1) is 18.0. The summed E-state index contributed by atoms with van der Waals surface area (Å²) >= 11 is 1.49. The molecule has 4 heterocycles. The van der Waals surface area contributed by atoms with Gasteiger partial charge in [0.2, 0.25) is 0 Å². The summed E-state index contributed by atoms with van der Waals surface area (Å²) in [6.45, 7) is 1.53. The number of carbonyl (C=O) groups excluding carboxylic acids is 1. The number of aryl methyl sites for hydroxylation is 1. The van der Waals surface area contributed by atoms with Gasteiger partial charge in [0.05, 0.1) is 0 Å². The highest BCUT2D eigenvalue weighted by molar-refractivity contribution is 7.98. The average molecular weight is 408 g/mol. The van der Waals surface area contributed by atoms with E-state index >= 15 is 0 Å². The molecule has 148 valence electrons. The number of benzene rings is 1. The van der Waals surface area contributed by atoms with Crippen LogP contribution >= 0.6 is 11.8 Å². The Bertz CT molecular complexity index is 1080. The molecule has 2 aliphatic heterocycles. The van der Waals surface area contributed by atoms with Gasteiger partial charge in [0.15, 0.2) is 11.0 Å². The molecule has 10 heteroatoms. The molecule has 0 spiro atoms. The van der Waals surface area contributed by atoms with E-state index in [-0.39, 0.29) is 11.9 Å². The van der Waals surface area contributed by atoms with Gasteiger partial charge in [-0.1, -0.05) is 23.9 Å². The quantitative estimate of drug-likeness (QED) is 0.480. The lowest BCUT2D eigenvalue weighted by Gasteiger charge is -2.27. The van der Waals surface area contributed by atoms with Crippen molar-refractivity contribution in [1.82, 2.24) is 30.2 Å². The Labute approximate surface area is 172 Å². The minimum absolute atomic E-state index is 0.0738. The van der Waals surface area contributed by atoms with E-state index < -0.39 is 0 Å². The second-order valence-electron chi connectivity index (χ2n) is 7.18. The number of hydrogen-bond acceptors (Lipinski definition) is 8. The standard InChI is InChI=1S/C19H20N8OS/c1-25-16(22-23-24-25)12-5-3-6-13(9-12)27-11-14-7-4-8-26(14)17-15(18(27)28)10-20-19(21-17)29-2/h3,5-6,9-10,14H,4,7-8,11H2,1-2H3/t14-/m0/s1. The van der Waals surface area contributed by atoms with Gasteiger partial charge in [0.25, 0.3) is 5.91 Å². The van der Waals surface area contributed by atoms with Crippen molar-refractivity contribution in [3.8, 4) is 11.4 Å². The fourth-order valence-electron chi connectivity index (χ4n) is 4.08. The zero-order valence-corrected chi connectivity index (χ0v) is 17.0. The number of rotatable bonds is 3. The Balaban J connectivity index is 1.59. The molecule has 2 aromatic heterocycles. The molecule has 1 amide bonds. The summed E-state index contributed by atoms with van der Waals surface area (Å²) in [6.07, 6.45) is 5.74. The van der Waals surface area contributed by atoms with Crippen molar-refractivity contribution in [2.45, 2.75) is 24.0 Å². The smallest absolute Gasteiger partial charge is 0.263 e. The van der Waals surface area contributed by atoms with E-state index in [4.69, 9.17) is 0 Å². The van der Waals surface area contributed by atoms with E-state index in [2.05, 4.69) is 30.4 Å². The Hall–Kier alpha value is -3.01. The average Bonchev–Trinajstić information content (AvgIpc) is 3.37. The molecule has 2 aliphatic rings. The molecule has 5 rings (SSSR count). The first-order chi connectivity index (χ1) is 14.2. The molecule has 29 heavy (non-hydrogen) atoms. The maximum Gasteiger partial charge on any atom is 0.263 e. The van der Waals surface area contributed by atoms with E-state index in [1.54, 1.807) is 17.9 Å². The molecule has 0 unspecified atom stereocenters. The Kier molecular flexibility index (Phi) is 4.42. The summed E-state index contributed by atoms with van der Waals surface area (Å²) in [6, 6.07) is 8.03. The number of amides is 1. The van der Waals surface area contributed by atoms with E-state index in [0.29, 0.717) is 23.1 Å². The molecule has 0 aliphatic carbocycles. The minimum Gasteiger partial charge on any atom is -0.351 e. The summed E-state index contributed by atoms with van der Waals surface area (Å²) in [5, 5.41) is 12.4. The maximum absolute atomic E-state index is 13.5. The number of thioether (sulfide) groups is 1. The van der Waals surface area contributed by atoms with Crippen LogP contribution in [0.1, 0.15) is 23.2 Å². The number of aromatic nitrogens is 6. The Morgan fingerprint density at radius 3 is 2.97 bits per heavy atom. The first-order valence-corrected chi connectivity index (χ1v) is 10.7. The van der Waals surface area contributed by atoms with E-state index in [1.165, 1.54) is 11.8 Å². The van der Waals surface area contributed by atoms with Crippen molar-refractivity contribution in [3.05, 3.63) is 36.0 Å². The molecule has 0 N–H and O–H groups in total. The zero-order valence-electron chi connectivity index (χ0n) is 16.2. The van der Waals surface area contributed by atoms with Crippen LogP contribution in [-0.4, -0.2) is 61.5 Å². The minimum atomic E-state index is -0.0738. The van der Waals surface area contributed by atoms with Gasteiger partial charge >= 0.3 is 0 Å². The Morgan fingerprint density at radius 1 is 1.28 bits per heavy atom. The number of tetrazole rings is 1. The van der Waals surface area contributed by atoms with Gasteiger partial charge in [0, 0.05) is 43.6 Å². The predicted molar refractivity (Wildman–Crippen MR) is 110 cm³/mol. The molecule has 0 bridgehead atoms. The maximum atomic E-state index is 13.5. The second kappa shape index (κ2) is 7.11. The van der Waals surface area contributed by atoms with Crippen molar-refractivity contribution in [2.75, 3.05) is 29.1 Å². The van der Waals surface area contributed by atoms with Crippen LogP contribution in [0, 0.1) is 0 Å². The molecule has 3 aromatic rings. The molecular formula is C19H20N8OS. The van der Waals surface area contributed by atoms with Crippen LogP contribution in [-0.2, 0) is 7.05 Å². The molecule has 1 saturated heterocycles. The van der Waals surface area contributed by atoms with E-state index in [9.17, 15) is 4.79 Å². The summed E-state index contributed by atoms with van der Waals surface area (Å²) in [5.74, 6) is 1.34. The lowest BCUT2D eigenvalue weighted by Crippen LogP contribution is -2.39. The second-order valence-corrected chi connectivity index (χ2v) is 7.95. The van der Waals surface area contributed by atoms with E-state index in [0.717, 1.165) is 36.5 Å². The van der Waals surface area contributed by atoms with Crippen molar-refractivity contribution >= 4 is 29.2 Å². The summed E-state index contributed by atoms with van der Waals surface area (Å²) in [4.78, 5) is 26.7. The van der Waals surface area contributed by atoms with Gasteiger partial charge < -0.3 is 9.80 Å². The monoisotopic (exact) mass is 408 g/mol. The highest BCUT2D eigenvalue weighted by atomic mass is 32.2. The van der Waals surface area contributed by atoms with Crippen LogP contribution in [0.25, 0.3) is 11.4 Å². The molecule has 0 saturated carbocycles. The van der Waals surface area contributed by atoms with Crippen molar-refractivity contribution < 1.29 is 4.79 Å². The van der Waals surface area contributed by atoms with Crippen LogP contribution < -0.4 is 9.80 Å². The third-order valence-corrected chi connectivity index (χ3v) is 6.05. The summed E-state index contributed by atoms with van der Waals surface area (Å²) in [5.41, 5.74) is 2.24. The summed E-state index contributed by atoms with van der Waals surface area (Å²) < 4.78 is 1.62. The van der Waals surface area contributed by atoms with Crippen molar-refractivity contribution in [2.24, 2.45) is 7.05 Å². The first-order valence-electron chi connectivity index (χ1n) is 9.48. The number of carbonyl (C=O) groups is 1. The van der Waals surface area contributed by atoms with E-state index in [1.807, 2.05) is 35.4 Å². The van der Waals surface area contributed by atoms with Crippen LogP contribution in [0.4, 0.5) is 11.5 Å². The van der Waals surface area contributed by atoms with Crippen molar-refractivity contribution in [3.63, 3.8) is 0 Å². The SMILES string of the molecule is CSc1ncc2c(n1)N1CCC[C@H]1CN(c1cccc(-c3nnnn3C)c1)C2=O. The number of nitrogens with zero attached hydrogens (tertiary/aromatic N) is 8. The predicted octanol–water partition coefficient (Wildman–Crippen LogP) is 2.02. The van der Waals surface area contributed by atoms with Crippen LogP contribution in [0.5, 0.6) is 0 Å². The lowest BCUT2D eigenvalue weighted by atomic mass is 10.1. The topological polar surface area (TPSA) is 92.9 Å². The third-order valence-electron chi connectivity index (χ3n) is 5.48. The van der Waals surface area contributed by atoms with Gasteiger partial charge in [-0.2, -0.15) is 0 Å². The lowest BCUT2D eigenvalue weighted by molar-refractivity contribution is 0.0988. The molecule has 1 atom stereocenters. The Morgan fingerprint density at radius 2 is 2.17 bits per heavy atom.